The van der Waals surface area contributed by atoms with E-state index in [4.69, 9.17) is 9.47 Å². The average Bonchev–Trinajstić information content (AvgIpc) is 3.31. The number of nitrogens with one attached hydrogen (secondary N) is 1. The molecule has 40 heavy (non-hydrogen) atoms. The van der Waals surface area contributed by atoms with Gasteiger partial charge in [0.2, 0.25) is 5.91 Å². The zero-order valence-corrected chi connectivity index (χ0v) is 22.1. The van der Waals surface area contributed by atoms with Gasteiger partial charge in [0.1, 0.15) is 19.3 Å². The lowest BCUT2D eigenvalue weighted by molar-refractivity contribution is -0.385. The Bertz CT molecular complexity index is 1270. The maximum atomic E-state index is 13.1. The van der Waals surface area contributed by atoms with Crippen molar-refractivity contribution >= 4 is 42.1 Å². The maximum absolute atomic E-state index is 13.1. The van der Waals surface area contributed by atoms with Crippen LogP contribution in [-0.2, 0) is 27.5 Å². The number of hydrogen-bond donors (Lipinski definition) is 2. The quantitative estimate of drug-likeness (QED) is 0.260. The number of likely N-dealkylation sites (tertiary alicyclic amines) is 2. The monoisotopic (exact) mass is 573 g/mol. The minimum Gasteiger partial charge on any atom is -0.445 e. The molecule has 2 aliphatic heterocycles. The molecule has 0 aromatic heterocycles. The fourth-order valence-corrected chi connectivity index (χ4v) is 4.80. The largest absolute Gasteiger partial charge is 0.445 e. The number of alkyl carbamates (subject to hydrolysis) is 1. The summed E-state index contributed by atoms with van der Waals surface area (Å²) < 4.78 is 10.5. The Hall–Kier alpha value is -4.40. The van der Waals surface area contributed by atoms with Crippen LogP contribution < -0.4 is 5.32 Å². The van der Waals surface area contributed by atoms with Crippen LogP contribution in [0.4, 0.5) is 21.0 Å². The summed E-state index contributed by atoms with van der Waals surface area (Å²) in [6, 6.07) is 10.6. The van der Waals surface area contributed by atoms with E-state index in [2.05, 4.69) is 17.9 Å². The minimum absolute atomic E-state index is 0.0200. The van der Waals surface area contributed by atoms with Crippen molar-refractivity contribution in [1.29, 1.82) is 0 Å². The molecule has 0 radical (unpaired) electrons. The van der Waals surface area contributed by atoms with Gasteiger partial charge in [-0.05, 0) is 41.8 Å². The first kappa shape index (κ1) is 28.6. The highest BCUT2D eigenvalue weighted by atomic mass is 32.1. The van der Waals surface area contributed by atoms with E-state index in [0.717, 1.165) is 0 Å². The molecule has 212 valence electrons. The molecule has 2 aliphatic rings. The van der Waals surface area contributed by atoms with E-state index in [9.17, 15) is 34.6 Å². The number of benzene rings is 2. The van der Waals surface area contributed by atoms with E-state index in [0.29, 0.717) is 37.2 Å². The number of ether oxygens (including phenoxy) is 2. The van der Waals surface area contributed by atoms with Gasteiger partial charge in [0.25, 0.3) is 11.4 Å². The molecule has 0 saturated carbocycles. The topological polar surface area (TPSA) is 174 Å². The van der Waals surface area contributed by atoms with Crippen molar-refractivity contribution < 1.29 is 33.7 Å². The number of thiol groups is 1. The van der Waals surface area contributed by atoms with Crippen LogP contribution in [-0.4, -0.2) is 75.2 Å². The molecule has 0 aliphatic carbocycles. The third-order valence-electron chi connectivity index (χ3n) is 6.63. The van der Waals surface area contributed by atoms with Crippen molar-refractivity contribution in [2.75, 3.05) is 26.2 Å². The van der Waals surface area contributed by atoms with Crippen LogP contribution in [0.25, 0.3) is 0 Å². The van der Waals surface area contributed by atoms with E-state index in [-0.39, 0.29) is 48.2 Å². The van der Waals surface area contributed by atoms with Gasteiger partial charge in [0, 0.05) is 61.6 Å². The number of carbonyl (C=O) groups is 3. The smallest absolute Gasteiger partial charge is 0.410 e. The Kier molecular flexibility index (Phi) is 9.04. The highest BCUT2D eigenvalue weighted by Gasteiger charge is 2.43. The fraction of sp³-hybridized carbons (Fsp3) is 0.400. The zero-order valence-electron chi connectivity index (χ0n) is 21.2. The Labute approximate surface area is 233 Å². The highest BCUT2D eigenvalue weighted by Crippen LogP contribution is 2.27. The second kappa shape index (κ2) is 12.6. The summed E-state index contributed by atoms with van der Waals surface area (Å²) in [5.41, 5.74) is 1.06. The Morgan fingerprint density at radius 1 is 0.875 bits per heavy atom. The van der Waals surface area contributed by atoms with E-state index < -0.39 is 28.1 Å². The molecular weight excluding hydrogens is 546 g/mol. The first-order chi connectivity index (χ1) is 19.1. The molecule has 2 fully saturated rings. The SMILES string of the molecule is O=C(NCC1CN(C(=O)[C@@H]2C[C@H](S)CN2C(=O)OCc2ccc([N+](=O)[O-])cc2)C1)OCc1ccc([N+](=O)[O-])cc1. The normalized spacial score (nSPS) is 18.5. The van der Waals surface area contributed by atoms with Crippen LogP contribution in [0.3, 0.4) is 0 Å². The van der Waals surface area contributed by atoms with Crippen molar-refractivity contribution in [3.05, 3.63) is 79.9 Å². The first-order valence-electron chi connectivity index (χ1n) is 12.4. The van der Waals surface area contributed by atoms with Crippen LogP contribution in [0.2, 0.25) is 0 Å². The average molecular weight is 574 g/mol. The number of amides is 3. The van der Waals surface area contributed by atoms with E-state index in [1.165, 1.54) is 53.4 Å². The van der Waals surface area contributed by atoms with Gasteiger partial charge in [0.15, 0.2) is 0 Å². The molecule has 2 aromatic carbocycles. The van der Waals surface area contributed by atoms with Crippen molar-refractivity contribution in [2.45, 2.75) is 30.9 Å². The summed E-state index contributed by atoms with van der Waals surface area (Å²) in [7, 11) is 0. The summed E-state index contributed by atoms with van der Waals surface area (Å²) >= 11 is 4.44. The lowest BCUT2D eigenvalue weighted by Crippen LogP contribution is -2.58. The molecule has 2 heterocycles. The number of rotatable bonds is 9. The lowest BCUT2D eigenvalue weighted by Gasteiger charge is -2.41. The first-order valence-corrected chi connectivity index (χ1v) is 12.9. The number of nitro groups is 2. The highest BCUT2D eigenvalue weighted by molar-refractivity contribution is 7.81. The molecule has 0 unspecified atom stereocenters. The number of non-ortho nitro benzene ring substituents is 2. The van der Waals surface area contributed by atoms with Gasteiger partial charge in [-0.15, -0.1) is 0 Å². The molecule has 15 heteroatoms. The van der Waals surface area contributed by atoms with Crippen LogP contribution in [0, 0.1) is 26.1 Å². The van der Waals surface area contributed by atoms with Crippen LogP contribution in [0.1, 0.15) is 17.5 Å². The van der Waals surface area contributed by atoms with Gasteiger partial charge in [-0.3, -0.25) is 29.9 Å². The van der Waals surface area contributed by atoms with E-state index >= 15 is 0 Å². The standard InChI is InChI=1S/C25H27N5O9S/c31-23(22-9-21(40)13-28(22)25(33)39-15-17-3-7-20(8-4-17)30(36)37)27-11-18(12-27)10-26-24(32)38-14-16-1-5-19(6-2-16)29(34)35/h1-8,18,21-22,40H,9-15H2,(H,26,32)/t21-,22-/m0/s1. The van der Waals surface area contributed by atoms with Crippen molar-refractivity contribution in [3.8, 4) is 0 Å². The third kappa shape index (κ3) is 7.16. The number of hydrogen-bond acceptors (Lipinski definition) is 10. The molecule has 2 saturated heterocycles. The molecule has 0 spiro atoms. The number of nitro benzene ring substituents is 2. The maximum Gasteiger partial charge on any atom is 0.410 e. The van der Waals surface area contributed by atoms with Gasteiger partial charge in [-0.1, -0.05) is 0 Å². The summed E-state index contributed by atoms with van der Waals surface area (Å²) in [6.45, 7) is 1.22. The molecule has 2 atom stereocenters. The van der Waals surface area contributed by atoms with Gasteiger partial charge in [0.05, 0.1) is 9.85 Å². The second-order valence-corrected chi connectivity index (χ2v) is 10.3. The van der Waals surface area contributed by atoms with Crippen LogP contribution >= 0.6 is 12.6 Å². The van der Waals surface area contributed by atoms with E-state index in [1.807, 2.05) is 0 Å². The summed E-state index contributed by atoms with van der Waals surface area (Å²) in [4.78, 5) is 61.3. The summed E-state index contributed by atoms with van der Waals surface area (Å²) in [6.07, 6.45) is -0.926. The molecular formula is C25H27N5O9S. The Morgan fingerprint density at radius 2 is 1.40 bits per heavy atom. The van der Waals surface area contributed by atoms with Crippen molar-refractivity contribution in [3.63, 3.8) is 0 Å². The number of nitrogens with zero attached hydrogens (tertiary/aromatic N) is 4. The fourth-order valence-electron chi connectivity index (χ4n) is 4.42. The van der Waals surface area contributed by atoms with Crippen LogP contribution in [0.15, 0.2) is 48.5 Å². The molecule has 0 bridgehead atoms. The Morgan fingerprint density at radius 3 is 1.93 bits per heavy atom. The molecule has 3 amide bonds. The number of carbonyl (C=O) groups excluding carboxylic acids is 3. The minimum atomic E-state index is -0.715. The van der Waals surface area contributed by atoms with E-state index in [1.54, 1.807) is 4.90 Å². The van der Waals surface area contributed by atoms with Gasteiger partial charge in [-0.25, -0.2) is 9.59 Å². The summed E-state index contributed by atoms with van der Waals surface area (Å²) in [5, 5.41) is 23.9. The lowest BCUT2D eigenvalue weighted by atomic mass is 9.98. The third-order valence-corrected chi connectivity index (χ3v) is 7.00. The van der Waals surface area contributed by atoms with Gasteiger partial charge >= 0.3 is 12.2 Å². The molecule has 4 rings (SSSR count). The molecule has 14 nitrogen and oxygen atoms in total. The molecule has 1 N–H and O–H groups in total. The molecule has 2 aromatic rings. The van der Waals surface area contributed by atoms with Gasteiger partial charge in [-0.2, -0.15) is 12.6 Å². The van der Waals surface area contributed by atoms with Crippen molar-refractivity contribution in [1.82, 2.24) is 15.1 Å². The predicted molar refractivity (Wildman–Crippen MR) is 143 cm³/mol. The Balaban J connectivity index is 1.18. The van der Waals surface area contributed by atoms with Crippen LogP contribution in [0.5, 0.6) is 0 Å². The van der Waals surface area contributed by atoms with Gasteiger partial charge < -0.3 is 19.7 Å². The predicted octanol–water partition coefficient (Wildman–Crippen LogP) is 2.90. The second-order valence-electron chi connectivity index (χ2n) is 9.53. The summed E-state index contributed by atoms with van der Waals surface area (Å²) in [5.74, 6) is -0.201. The van der Waals surface area contributed by atoms with Crippen molar-refractivity contribution in [2.24, 2.45) is 5.92 Å². The zero-order chi connectivity index (χ0) is 28.8.